The first-order valence-electron chi connectivity index (χ1n) is 6.91. The molecule has 0 bridgehead atoms. The highest BCUT2D eigenvalue weighted by atomic mass is 16.4. The molecule has 1 aromatic carbocycles. The number of nitrogens with zero attached hydrogens (tertiary/aromatic N) is 1. The molecule has 1 aromatic rings. The van der Waals surface area contributed by atoms with Gasteiger partial charge in [0.25, 0.3) is 0 Å². The van der Waals surface area contributed by atoms with Crippen LogP contribution in [0.1, 0.15) is 32.8 Å². The largest absolute Gasteiger partial charge is 0.481 e. The smallest absolute Gasteiger partial charge is 0.308 e. The van der Waals surface area contributed by atoms with Gasteiger partial charge in [-0.15, -0.1) is 0 Å². The van der Waals surface area contributed by atoms with E-state index in [1.54, 1.807) is 11.8 Å². The second kappa shape index (κ2) is 7.08. The zero-order valence-corrected chi connectivity index (χ0v) is 12.6. The van der Waals surface area contributed by atoms with E-state index in [1.165, 1.54) is 0 Å². The van der Waals surface area contributed by atoms with Crippen molar-refractivity contribution in [2.24, 2.45) is 11.8 Å². The Kier molecular flexibility index (Phi) is 5.74. The van der Waals surface area contributed by atoms with Gasteiger partial charge in [0.1, 0.15) is 0 Å². The van der Waals surface area contributed by atoms with E-state index in [9.17, 15) is 9.59 Å². The quantitative estimate of drug-likeness (QED) is 0.869. The minimum absolute atomic E-state index is 0.0290. The van der Waals surface area contributed by atoms with Crippen LogP contribution in [0.5, 0.6) is 0 Å². The van der Waals surface area contributed by atoms with Crippen molar-refractivity contribution in [3.8, 4) is 0 Å². The topological polar surface area (TPSA) is 57.6 Å². The van der Waals surface area contributed by atoms with Crippen LogP contribution in [0.4, 0.5) is 5.69 Å². The summed E-state index contributed by atoms with van der Waals surface area (Å²) < 4.78 is 0. The molecule has 1 rings (SSSR count). The van der Waals surface area contributed by atoms with Crippen molar-refractivity contribution in [2.75, 3.05) is 11.4 Å². The Morgan fingerprint density at radius 1 is 1.25 bits per heavy atom. The van der Waals surface area contributed by atoms with Crippen LogP contribution in [-0.4, -0.2) is 23.5 Å². The molecule has 4 nitrogen and oxygen atoms in total. The van der Waals surface area contributed by atoms with Gasteiger partial charge in [0.2, 0.25) is 5.91 Å². The lowest BCUT2D eigenvalue weighted by molar-refractivity contribution is -0.140. The summed E-state index contributed by atoms with van der Waals surface area (Å²) in [6, 6.07) is 7.59. The normalized spacial score (nSPS) is 12.2. The number of anilines is 1. The van der Waals surface area contributed by atoms with Gasteiger partial charge >= 0.3 is 5.97 Å². The molecular formula is C16H23NO3. The molecule has 1 atom stereocenters. The van der Waals surface area contributed by atoms with Crippen molar-refractivity contribution in [3.05, 3.63) is 29.8 Å². The van der Waals surface area contributed by atoms with Gasteiger partial charge < -0.3 is 10.0 Å². The highest BCUT2D eigenvalue weighted by molar-refractivity contribution is 5.94. The minimum Gasteiger partial charge on any atom is -0.481 e. The maximum absolute atomic E-state index is 12.4. The van der Waals surface area contributed by atoms with Crippen molar-refractivity contribution in [3.63, 3.8) is 0 Å². The van der Waals surface area contributed by atoms with Crippen LogP contribution in [0.15, 0.2) is 24.3 Å². The van der Waals surface area contributed by atoms with Crippen LogP contribution in [0.2, 0.25) is 0 Å². The summed E-state index contributed by atoms with van der Waals surface area (Å²) in [5, 5.41) is 9.06. The number of carboxylic acids is 1. The highest BCUT2D eigenvalue weighted by Gasteiger charge is 2.22. The third-order valence-electron chi connectivity index (χ3n) is 3.08. The summed E-state index contributed by atoms with van der Waals surface area (Å²) >= 11 is 0. The molecule has 0 saturated carbocycles. The number of carbonyl (C=O) groups is 2. The molecular weight excluding hydrogens is 254 g/mol. The van der Waals surface area contributed by atoms with E-state index in [-0.39, 0.29) is 18.4 Å². The molecule has 0 saturated heterocycles. The zero-order chi connectivity index (χ0) is 15.3. The van der Waals surface area contributed by atoms with Crippen molar-refractivity contribution in [1.29, 1.82) is 0 Å². The van der Waals surface area contributed by atoms with Crippen LogP contribution in [0.25, 0.3) is 0 Å². The lowest BCUT2D eigenvalue weighted by atomic mass is 10.1. The van der Waals surface area contributed by atoms with Crippen LogP contribution in [0.3, 0.4) is 0 Å². The summed E-state index contributed by atoms with van der Waals surface area (Å²) in [4.78, 5) is 25.0. The van der Waals surface area contributed by atoms with Crippen LogP contribution in [0, 0.1) is 18.8 Å². The van der Waals surface area contributed by atoms with Gasteiger partial charge in [0.15, 0.2) is 0 Å². The average molecular weight is 277 g/mol. The van der Waals surface area contributed by atoms with Gasteiger partial charge in [-0.05, 0) is 30.5 Å². The van der Waals surface area contributed by atoms with Crippen LogP contribution < -0.4 is 4.90 Å². The van der Waals surface area contributed by atoms with Gasteiger partial charge in [-0.2, -0.15) is 0 Å². The molecule has 110 valence electrons. The van der Waals surface area contributed by atoms with E-state index in [2.05, 4.69) is 0 Å². The van der Waals surface area contributed by atoms with Crippen molar-refractivity contribution < 1.29 is 14.7 Å². The van der Waals surface area contributed by atoms with Crippen LogP contribution in [-0.2, 0) is 9.59 Å². The molecule has 1 N–H and O–H groups in total. The number of aliphatic carboxylic acids is 1. The first-order chi connectivity index (χ1) is 9.31. The maximum Gasteiger partial charge on any atom is 0.308 e. The number of hydrogen-bond donors (Lipinski definition) is 1. The fourth-order valence-corrected chi connectivity index (χ4v) is 1.96. The molecule has 4 heteroatoms. The predicted molar refractivity (Wildman–Crippen MR) is 79.8 cm³/mol. The van der Waals surface area contributed by atoms with Gasteiger partial charge in [0, 0.05) is 18.7 Å². The van der Waals surface area contributed by atoms with Gasteiger partial charge in [-0.3, -0.25) is 9.59 Å². The Morgan fingerprint density at radius 2 is 1.90 bits per heavy atom. The monoisotopic (exact) mass is 277 g/mol. The lowest BCUT2D eigenvalue weighted by Gasteiger charge is -2.26. The summed E-state index contributed by atoms with van der Waals surface area (Å²) in [6.45, 7) is 7.73. The Hall–Kier alpha value is -1.84. The number of benzene rings is 1. The first kappa shape index (κ1) is 16.2. The molecule has 0 spiro atoms. The summed E-state index contributed by atoms with van der Waals surface area (Å²) in [5.41, 5.74) is 1.82. The Bertz CT molecular complexity index is 482. The number of aryl methyl sites for hydroxylation is 1. The number of rotatable bonds is 6. The third-order valence-corrected chi connectivity index (χ3v) is 3.08. The Labute approximate surface area is 120 Å². The van der Waals surface area contributed by atoms with Crippen LogP contribution >= 0.6 is 0 Å². The fourth-order valence-electron chi connectivity index (χ4n) is 1.96. The zero-order valence-electron chi connectivity index (χ0n) is 12.6. The molecule has 0 aliphatic carbocycles. The molecule has 20 heavy (non-hydrogen) atoms. The maximum atomic E-state index is 12.4. The van der Waals surface area contributed by atoms with E-state index in [0.717, 1.165) is 11.3 Å². The summed E-state index contributed by atoms with van der Waals surface area (Å²) in [6.07, 6.45) is 0.417. The molecule has 0 fully saturated rings. The molecule has 0 aromatic heterocycles. The molecule has 0 heterocycles. The molecule has 0 aliphatic heterocycles. The summed E-state index contributed by atoms with van der Waals surface area (Å²) in [7, 11) is 0. The van der Waals surface area contributed by atoms with E-state index in [4.69, 9.17) is 5.11 Å². The Balaban J connectivity index is 3.00. The van der Waals surface area contributed by atoms with E-state index < -0.39 is 11.9 Å². The second-order valence-electron chi connectivity index (χ2n) is 5.68. The van der Waals surface area contributed by atoms with Crippen molar-refractivity contribution in [2.45, 2.75) is 34.1 Å². The number of hydrogen-bond acceptors (Lipinski definition) is 2. The Morgan fingerprint density at radius 3 is 2.40 bits per heavy atom. The number of carboxylic acid groups (broad SMARTS) is 1. The molecule has 0 aliphatic rings. The summed E-state index contributed by atoms with van der Waals surface area (Å²) in [5.74, 6) is -1.26. The number of amides is 1. The standard InChI is InChI=1S/C16H23NO3/c1-11(2)8-15(18)17(10-13(4)16(19)20)14-7-5-6-12(3)9-14/h5-7,9,11,13H,8,10H2,1-4H3,(H,19,20). The van der Waals surface area contributed by atoms with Gasteiger partial charge in [0.05, 0.1) is 5.92 Å². The highest BCUT2D eigenvalue weighted by Crippen LogP contribution is 2.20. The predicted octanol–water partition coefficient (Wildman–Crippen LogP) is 3.09. The van der Waals surface area contributed by atoms with E-state index in [1.807, 2.05) is 45.0 Å². The van der Waals surface area contributed by atoms with E-state index in [0.29, 0.717) is 6.42 Å². The third kappa shape index (κ3) is 4.68. The lowest BCUT2D eigenvalue weighted by Crippen LogP contribution is -2.37. The second-order valence-corrected chi connectivity index (χ2v) is 5.68. The molecule has 0 radical (unpaired) electrons. The van der Waals surface area contributed by atoms with Crippen molar-refractivity contribution >= 4 is 17.6 Å². The average Bonchev–Trinajstić information content (AvgIpc) is 2.34. The SMILES string of the molecule is Cc1cccc(N(CC(C)C(=O)O)C(=O)CC(C)C)c1. The van der Waals surface area contributed by atoms with Gasteiger partial charge in [-0.25, -0.2) is 0 Å². The first-order valence-corrected chi connectivity index (χ1v) is 6.91. The number of carbonyl (C=O) groups excluding carboxylic acids is 1. The van der Waals surface area contributed by atoms with E-state index >= 15 is 0 Å². The fraction of sp³-hybridized carbons (Fsp3) is 0.500. The van der Waals surface area contributed by atoms with Gasteiger partial charge in [-0.1, -0.05) is 32.9 Å². The van der Waals surface area contributed by atoms with Crippen molar-refractivity contribution in [1.82, 2.24) is 0 Å². The molecule has 1 amide bonds. The molecule has 1 unspecified atom stereocenters. The minimum atomic E-state index is -0.889.